The van der Waals surface area contributed by atoms with Gasteiger partial charge in [-0.05, 0) is 55.2 Å². The standard InChI is InChI=1S/C24H25ClN4O5S2/c1-24(31,23(26)30)12-11-15-5-3-6-16(13-15)14-29-17-7-4-8-18(34-2)21(17)22(27-29)28-36(32,33)20-10-9-19(25)35-20/h3-10,13,31H,11-12,14H2,1-2H3,(H2,26,30)(H,27,28). The van der Waals surface area contributed by atoms with E-state index >= 15 is 0 Å². The van der Waals surface area contributed by atoms with Crippen LogP contribution in [0, 0.1) is 0 Å². The van der Waals surface area contributed by atoms with Crippen LogP contribution >= 0.6 is 22.9 Å². The summed E-state index contributed by atoms with van der Waals surface area (Å²) in [6.45, 7) is 1.74. The second kappa shape index (κ2) is 10.1. The van der Waals surface area contributed by atoms with Crippen LogP contribution in [-0.2, 0) is 27.8 Å². The normalized spacial score (nSPS) is 13.4. The first-order chi connectivity index (χ1) is 17.0. The molecule has 2 heterocycles. The van der Waals surface area contributed by atoms with Gasteiger partial charge in [0.25, 0.3) is 10.0 Å². The fraction of sp³-hybridized carbons (Fsp3) is 0.250. The number of nitrogens with one attached hydrogen (secondary N) is 1. The molecule has 2 aromatic heterocycles. The van der Waals surface area contributed by atoms with E-state index in [1.54, 1.807) is 16.8 Å². The molecule has 0 saturated heterocycles. The number of methoxy groups -OCH3 is 1. The predicted molar refractivity (Wildman–Crippen MR) is 140 cm³/mol. The van der Waals surface area contributed by atoms with Crippen LogP contribution in [-0.4, -0.2) is 41.9 Å². The molecule has 0 radical (unpaired) electrons. The molecule has 1 atom stereocenters. The van der Waals surface area contributed by atoms with Gasteiger partial charge < -0.3 is 15.6 Å². The molecule has 4 aromatic rings. The molecule has 190 valence electrons. The number of nitrogens with two attached hydrogens (primary N) is 1. The van der Waals surface area contributed by atoms with E-state index in [9.17, 15) is 18.3 Å². The number of hydrogen-bond donors (Lipinski definition) is 3. The molecule has 0 aliphatic heterocycles. The summed E-state index contributed by atoms with van der Waals surface area (Å²) in [5.41, 5.74) is 6.16. The van der Waals surface area contributed by atoms with E-state index in [0.29, 0.717) is 34.0 Å². The molecule has 4 N–H and O–H groups in total. The van der Waals surface area contributed by atoms with Crippen molar-refractivity contribution < 1.29 is 23.1 Å². The number of fused-ring (bicyclic) bond motifs is 1. The first kappa shape index (κ1) is 26.0. The number of aromatic nitrogens is 2. The summed E-state index contributed by atoms with van der Waals surface area (Å²) in [5.74, 6) is -0.154. The maximum absolute atomic E-state index is 13.0. The molecule has 36 heavy (non-hydrogen) atoms. The number of benzene rings is 2. The molecule has 0 bridgehead atoms. The molecule has 12 heteroatoms. The average Bonchev–Trinajstić information content (AvgIpc) is 3.42. The van der Waals surface area contributed by atoms with Gasteiger partial charge in [0.1, 0.15) is 15.6 Å². The summed E-state index contributed by atoms with van der Waals surface area (Å²) in [6.07, 6.45) is 0.637. The largest absolute Gasteiger partial charge is 0.496 e. The quantitative estimate of drug-likeness (QED) is 0.276. The molecule has 0 aliphatic carbocycles. The molecule has 1 unspecified atom stereocenters. The van der Waals surface area contributed by atoms with Crippen LogP contribution in [0.2, 0.25) is 4.34 Å². The van der Waals surface area contributed by atoms with Gasteiger partial charge in [-0.3, -0.25) is 14.2 Å². The second-order valence-corrected chi connectivity index (χ2v) is 12.1. The second-order valence-electron chi connectivity index (χ2n) is 8.48. The number of rotatable bonds is 10. The Labute approximate surface area is 217 Å². The molecule has 9 nitrogen and oxygen atoms in total. The van der Waals surface area contributed by atoms with Crippen molar-refractivity contribution >= 4 is 55.6 Å². The number of ether oxygens (including phenoxy) is 1. The number of carbonyl (C=O) groups excluding carboxylic acids is 1. The number of nitrogens with zero attached hydrogens (tertiary/aromatic N) is 2. The molecule has 0 saturated carbocycles. The Morgan fingerprint density at radius 3 is 2.61 bits per heavy atom. The lowest BCUT2D eigenvalue weighted by atomic mass is 9.95. The highest BCUT2D eigenvalue weighted by Crippen LogP contribution is 2.35. The highest BCUT2D eigenvalue weighted by Gasteiger charge is 2.27. The molecule has 2 aromatic carbocycles. The summed E-state index contributed by atoms with van der Waals surface area (Å²) in [4.78, 5) is 11.4. The van der Waals surface area contributed by atoms with Crippen LogP contribution < -0.4 is 15.2 Å². The average molecular weight is 549 g/mol. The third kappa shape index (κ3) is 5.49. The Morgan fingerprint density at radius 2 is 1.94 bits per heavy atom. The number of anilines is 1. The number of halogens is 1. The fourth-order valence-corrected chi connectivity index (χ4v) is 6.24. The van der Waals surface area contributed by atoms with Crippen LogP contribution in [0.25, 0.3) is 10.9 Å². The Kier molecular flexibility index (Phi) is 7.28. The van der Waals surface area contributed by atoms with E-state index in [2.05, 4.69) is 9.82 Å². The lowest BCUT2D eigenvalue weighted by molar-refractivity contribution is -0.135. The first-order valence-corrected chi connectivity index (χ1v) is 13.6. The maximum Gasteiger partial charge on any atom is 0.272 e. The molecule has 0 fully saturated rings. The van der Waals surface area contributed by atoms with E-state index in [1.165, 1.54) is 26.2 Å². The first-order valence-electron chi connectivity index (χ1n) is 10.9. The number of amides is 1. The zero-order chi connectivity index (χ0) is 26.1. The van der Waals surface area contributed by atoms with Gasteiger partial charge in [0.05, 0.1) is 28.9 Å². The Morgan fingerprint density at radius 1 is 1.22 bits per heavy atom. The summed E-state index contributed by atoms with van der Waals surface area (Å²) >= 11 is 6.88. The van der Waals surface area contributed by atoms with E-state index < -0.39 is 21.5 Å². The number of aryl methyl sites for hydroxylation is 1. The van der Waals surface area contributed by atoms with Crippen LogP contribution in [0.15, 0.2) is 58.8 Å². The zero-order valence-corrected chi connectivity index (χ0v) is 22.0. The van der Waals surface area contributed by atoms with E-state index in [4.69, 9.17) is 22.1 Å². The molecule has 4 rings (SSSR count). The van der Waals surface area contributed by atoms with E-state index in [0.717, 1.165) is 22.5 Å². The van der Waals surface area contributed by atoms with Gasteiger partial charge in [0, 0.05) is 0 Å². The van der Waals surface area contributed by atoms with Crippen molar-refractivity contribution in [3.63, 3.8) is 0 Å². The van der Waals surface area contributed by atoms with Gasteiger partial charge >= 0.3 is 0 Å². The van der Waals surface area contributed by atoms with Crippen molar-refractivity contribution in [1.29, 1.82) is 0 Å². The minimum atomic E-state index is -3.91. The molecular formula is C24H25ClN4O5S2. The van der Waals surface area contributed by atoms with Gasteiger partial charge in [0.15, 0.2) is 5.82 Å². The number of carbonyl (C=O) groups is 1. The SMILES string of the molecule is COc1cccc2c1c(NS(=O)(=O)c1ccc(Cl)s1)nn2Cc1cccc(CCC(C)(O)C(N)=O)c1. The Bertz CT molecular complexity index is 1530. The van der Waals surface area contributed by atoms with Crippen molar-refractivity contribution in [3.05, 3.63) is 70.1 Å². The van der Waals surface area contributed by atoms with Gasteiger partial charge in [-0.1, -0.05) is 41.9 Å². The van der Waals surface area contributed by atoms with Crippen LogP contribution in [0.1, 0.15) is 24.5 Å². The molecule has 0 spiro atoms. The lowest BCUT2D eigenvalue weighted by Gasteiger charge is -2.18. The van der Waals surface area contributed by atoms with Crippen LogP contribution in [0.4, 0.5) is 5.82 Å². The van der Waals surface area contributed by atoms with Crippen molar-refractivity contribution in [2.75, 3.05) is 11.8 Å². The van der Waals surface area contributed by atoms with E-state index in [-0.39, 0.29) is 16.4 Å². The monoisotopic (exact) mass is 548 g/mol. The predicted octanol–water partition coefficient (Wildman–Crippen LogP) is 3.78. The number of aliphatic hydroxyl groups is 1. The minimum absolute atomic E-state index is 0.0737. The zero-order valence-electron chi connectivity index (χ0n) is 19.6. The summed E-state index contributed by atoms with van der Waals surface area (Å²) < 4.78 is 36.1. The Balaban J connectivity index is 1.67. The third-order valence-corrected chi connectivity index (χ3v) is 8.82. The van der Waals surface area contributed by atoms with Crippen LogP contribution in [0.5, 0.6) is 5.75 Å². The summed E-state index contributed by atoms with van der Waals surface area (Å²) in [6, 6.07) is 16.0. The molecule has 0 aliphatic rings. The number of primary amides is 1. The van der Waals surface area contributed by atoms with Gasteiger partial charge in [-0.25, -0.2) is 8.42 Å². The van der Waals surface area contributed by atoms with Crippen LogP contribution in [0.3, 0.4) is 0 Å². The smallest absolute Gasteiger partial charge is 0.272 e. The maximum atomic E-state index is 13.0. The highest BCUT2D eigenvalue weighted by atomic mass is 35.5. The number of thiophene rings is 1. The summed E-state index contributed by atoms with van der Waals surface area (Å²) in [7, 11) is -2.40. The Hall–Kier alpha value is -3.12. The van der Waals surface area contributed by atoms with Gasteiger partial charge in [-0.2, -0.15) is 5.10 Å². The van der Waals surface area contributed by atoms with Crippen molar-refractivity contribution in [1.82, 2.24) is 9.78 Å². The number of sulfonamides is 1. The van der Waals surface area contributed by atoms with E-state index in [1.807, 2.05) is 30.3 Å². The van der Waals surface area contributed by atoms with Gasteiger partial charge in [-0.15, -0.1) is 11.3 Å². The van der Waals surface area contributed by atoms with Crippen molar-refractivity contribution in [2.24, 2.45) is 5.73 Å². The third-order valence-electron chi connectivity index (χ3n) is 5.76. The molecule has 1 amide bonds. The summed E-state index contributed by atoms with van der Waals surface area (Å²) in [5, 5.41) is 15.2. The lowest BCUT2D eigenvalue weighted by Crippen LogP contribution is -2.41. The number of hydrogen-bond acceptors (Lipinski definition) is 7. The van der Waals surface area contributed by atoms with Crippen molar-refractivity contribution in [2.45, 2.75) is 36.1 Å². The fourth-order valence-electron chi connectivity index (χ4n) is 3.75. The highest BCUT2D eigenvalue weighted by molar-refractivity contribution is 7.94. The van der Waals surface area contributed by atoms with Gasteiger partial charge in [0.2, 0.25) is 5.91 Å². The van der Waals surface area contributed by atoms with Crippen molar-refractivity contribution in [3.8, 4) is 5.75 Å². The topological polar surface area (TPSA) is 137 Å². The molecular weight excluding hydrogens is 524 g/mol. The minimum Gasteiger partial charge on any atom is -0.496 e.